The van der Waals surface area contributed by atoms with Crippen LogP contribution in [0.5, 0.6) is 0 Å². The van der Waals surface area contributed by atoms with Crippen molar-refractivity contribution < 1.29 is 5.11 Å². The van der Waals surface area contributed by atoms with Crippen LogP contribution in [0.1, 0.15) is 32.4 Å². The first kappa shape index (κ1) is 15.5. The van der Waals surface area contributed by atoms with Crippen LogP contribution in [0.15, 0.2) is 30.3 Å². The van der Waals surface area contributed by atoms with Crippen molar-refractivity contribution in [3.8, 4) is 0 Å². The number of rotatable bonds is 4. The third-order valence-corrected chi connectivity index (χ3v) is 4.62. The van der Waals surface area contributed by atoms with E-state index in [4.69, 9.17) is 0 Å². The molecule has 112 valence electrons. The van der Waals surface area contributed by atoms with Gasteiger partial charge in [-0.25, -0.2) is 0 Å². The van der Waals surface area contributed by atoms with E-state index in [2.05, 4.69) is 37.6 Å². The summed E-state index contributed by atoms with van der Waals surface area (Å²) in [5.41, 5.74) is 1.24. The first-order chi connectivity index (χ1) is 9.40. The van der Waals surface area contributed by atoms with Crippen LogP contribution in [0, 0.1) is 5.92 Å². The van der Waals surface area contributed by atoms with Gasteiger partial charge in [0.1, 0.15) is 0 Å². The third kappa shape index (κ3) is 3.60. The average molecular weight is 276 g/mol. The number of hydrogen-bond acceptors (Lipinski definition) is 3. The fraction of sp³-hybridized carbons (Fsp3) is 0.647. The van der Waals surface area contributed by atoms with Gasteiger partial charge in [-0.05, 0) is 32.4 Å². The van der Waals surface area contributed by atoms with Crippen molar-refractivity contribution >= 4 is 0 Å². The maximum Gasteiger partial charge on any atom is 0.0827 e. The third-order valence-electron chi connectivity index (χ3n) is 4.62. The van der Waals surface area contributed by atoms with Crippen LogP contribution in [0.4, 0.5) is 0 Å². The van der Waals surface area contributed by atoms with Gasteiger partial charge < -0.3 is 5.11 Å². The summed E-state index contributed by atoms with van der Waals surface area (Å²) in [7, 11) is 2.19. The highest BCUT2D eigenvalue weighted by Crippen LogP contribution is 2.25. The Morgan fingerprint density at radius 3 is 2.45 bits per heavy atom. The molecule has 2 rings (SSSR count). The molecule has 2 atom stereocenters. The molecule has 2 unspecified atom stereocenters. The Labute approximate surface area is 123 Å². The lowest BCUT2D eigenvalue weighted by atomic mass is 9.94. The van der Waals surface area contributed by atoms with Gasteiger partial charge in [0.05, 0.1) is 6.10 Å². The minimum absolute atomic E-state index is 0.218. The summed E-state index contributed by atoms with van der Waals surface area (Å²) in [6.45, 7) is 10.9. The molecule has 3 heteroatoms. The predicted octanol–water partition coefficient (Wildman–Crippen LogP) is 2.38. The van der Waals surface area contributed by atoms with Gasteiger partial charge in [-0.2, -0.15) is 0 Å². The summed E-state index contributed by atoms with van der Waals surface area (Å²) in [4.78, 5) is 4.90. The Morgan fingerprint density at radius 1 is 1.20 bits per heavy atom. The molecule has 0 aromatic heterocycles. The molecule has 0 radical (unpaired) electrons. The highest BCUT2D eigenvalue weighted by atomic mass is 16.3. The lowest BCUT2D eigenvalue weighted by Crippen LogP contribution is -2.58. The van der Waals surface area contributed by atoms with E-state index in [-0.39, 0.29) is 17.6 Å². The van der Waals surface area contributed by atoms with Crippen molar-refractivity contribution in [1.82, 2.24) is 9.80 Å². The standard InChI is InChI=1S/C17H28N2O/c1-14(16(20)15-8-6-5-7-9-15)12-19-11-10-18(4)17(2,3)13-19/h5-9,14,16,20H,10-13H2,1-4H3. The molecule has 1 aromatic carbocycles. The topological polar surface area (TPSA) is 26.7 Å². The maximum atomic E-state index is 10.5. The van der Waals surface area contributed by atoms with Crippen LogP contribution in [0.2, 0.25) is 0 Å². The quantitative estimate of drug-likeness (QED) is 0.914. The van der Waals surface area contributed by atoms with E-state index >= 15 is 0 Å². The molecular weight excluding hydrogens is 248 g/mol. The van der Waals surface area contributed by atoms with Gasteiger partial charge in [-0.3, -0.25) is 9.80 Å². The summed E-state index contributed by atoms with van der Waals surface area (Å²) >= 11 is 0. The second-order valence-electron chi connectivity index (χ2n) is 6.80. The van der Waals surface area contributed by atoms with E-state index in [9.17, 15) is 5.11 Å². The number of aliphatic hydroxyl groups excluding tert-OH is 1. The molecule has 1 aliphatic rings. The van der Waals surface area contributed by atoms with Gasteiger partial charge in [0.25, 0.3) is 0 Å². The predicted molar refractivity (Wildman–Crippen MR) is 83.7 cm³/mol. The fourth-order valence-electron chi connectivity index (χ4n) is 2.98. The zero-order valence-corrected chi connectivity index (χ0v) is 13.2. The minimum atomic E-state index is -0.376. The number of likely N-dealkylation sites (N-methyl/N-ethyl adjacent to an activating group) is 1. The Kier molecular flexibility index (Phi) is 4.84. The molecule has 1 heterocycles. The fourth-order valence-corrected chi connectivity index (χ4v) is 2.98. The van der Waals surface area contributed by atoms with Crippen molar-refractivity contribution in [3.63, 3.8) is 0 Å². The van der Waals surface area contributed by atoms with E-state index < -0.39 is 0 Å². The Balaban J connectivity index is 1.93. The Hall–Kier alpha value is -0.900. The van der Waals surface area contributed by atoms with Crippen LogP contribution >= 0.6 is 0 Å². The normalized spacial score (nSPS) is 23.4. The summed E-state index contributed by atoms with van der Waals surface area (Å²) in [5.74, 6) is 0.247. The zero-order valence-electron chi connectivity index (χ0n) is 13.2. The molecule has 0 amide bonds. The van der Waals surface area contributed by atoms with E-state index in [0.717, 1.165) is 31.7 Å². The SMILES string of the molecule is CC(CN1CCN(C)C(C)(C)C1)C(O)c1ccccc1. The van der Waals surface area contributed by atoms with Gasteiger partial charge in [0.2, 0.25) is 0 Å². The molecule has 1 aromatic rings. The summed E-state index contributed by atoms with van der Waals surface area (Å²) in [6, 6.07) is 9.99. The largest absolute Gasteiger partial charge is 0.388 e. The number of aliphatic hydroxyl groups is 1. The molecule has 1 aliphatic heterocycles. The van der Waals surface area contributed by atoms with Crippen molar-refractivity contribution in [2.75, 3.05) is 33.2 Å². The van der Waals surface area contributed by atoms with Crippen LogP contribution < -0.4 is 0 Å². The summed E-state index contributed by atoms with van der Waals surface area (Å²) in [5, 5.41) is 10.5. The lowest BCUT2D eigenvalue weighted by molar-refractivity contribution is 0.0150. The first-order valence-corrected chi connectivity index (χ1v) is 7.57. The number of benzene rings is 1. The van der Waals surface area contributed by atoms with E-state index in [1.807, 2.05) is 30.3 Å². The van der Waals surface area contributed by atoms with Crippen molar-refractivity contribution in [3.05, 3.63) is 35.9 Å². The van der Waals surface area contributed by atoms with E-state index in [1.165, 1.54) is 0 Å². The lowest BCUT2D eigenvalue weighted by Gasteiger charge is -2.46. The summed E-state index contributed by atoms with van der Waals surface area (Å²) in [6.07, 6.45) is -0.376. The van der Waals surface area contributed by atoms with Gasteiger partial charge in [-0.1, -0.05) is 37.3 Å². The van der Waals surface area contributed by atoms with Crippen LogP contribution in [0.25, 0.3) is 0 Å². The van der Waals surface area contributed by atoms with Gasteiger partial charge >= 0.3 is 0 Å². The Morgan fingerprint density at radius 2 is 1.85 bits per heavy atom. The van der Waals surface area contributed by atoms with Crippen LogP contribution in [-0.4, -0.2) is 53.7 Å². The number of piperazine rings is 1. The van der Waals surface area contributed by atoms with Crippen molar-refractivity contribution in [2.45, 2.75) is 32.4 Å². The van der Waals surface area contributed by atoms with Crippen LogP contribution in [-0.2, 0) is 0 Å². The van der Waals surface area contributed by atoms with Gasteiger partial charge in [0, 0.05) is 31.7 Å². The molecule has 0 aliphatic carbocycles. The minimum Gasteiger partial charge on any atom is -0.388 e. The zero-order chi connectivity index (χ0) is 14.8. The molecular formula is C17H28N2O. The first-order valence-electron chi connectivity index (χ1n) is 7.57. The van der Waals surface area contributed by atoms with Gasteiger partial charge in [-0.15, -0.1) is 0 Å². The molecule has 1 fully saturated rings. The monoisotopic (exact) mass is 276 g/mol. The second-order valence-corrected chi connectivity index (χ2v) is 6.80. The van der Waals surface area contributed by atoms with Crippen molar-refractivity contribution in [1.29, 1.82) is 0 Å². The van der Waals surface area contributed by atoms with E-state index in [0.29, 0.717) is 0 Å². The molecule has 20 heavy (non-hydrogen) atoms. The maximum absolute atomic E-state index is 10.5. The van der Waals surface area contributed by atoms with Gasteiger partial charge in [0.15, 0.2) is 0 Å². The van der Waals surface area contributed by atoms with Crippen LogP contribution in [0.3, 0.4) is 0 Å². The highest BCUT2D eigenvalue weighted by Gasteiger charge is 2.32. The number of nitrogens with zero attached hydrogens (tertiary/aromatic N) is 2. The van der Waals surface area contributed by atoms with Crippen molar-refractivity contribution in [2.24, 2.45) is 5.92 Å². The Bertz CT molecular complexity index is 418. The molecule has 3 nitrogen and oxygen atoms in total. The molecule has 0 saturated carbocycles. The number of hydrogen-bond donors (Lipinski definition) is 1. The van der Waals surface area contributed by atoms with E-state index in [1.54, 1.807) is 0 Å². The average Bonchev–Trinajstić information content (AvgIpc) is 2.42. The molecule has 0 spiro atoms. The molecule has 1 saturated heterocycles. The molecule has 1 N–H and O–H groups in total. The molecule has 0 bridgehead atoms. The smallest absolute Gasteiger partial charge is 0.0827 e. The highest BCUT2D eigenvalue weighted by molar-refractivity contribution is 5.17. The second kappa shape index (κ2) is 6.25. The summed E-state index contributed by atoms with van der Waals surface area (Å²) < 4.78 is 0.